The topological polar surface area (TPSA) is 86.7 Å². The van der Waals surface area contributed by atoms with E-state index in [1.54, 1.807) is 4.90 Å². The highest BCUT2D eigenvalue weighted by Crippen LogP contribution is 2.18. The highest BCUT2D eigenvalue weighted by Gasteiger charge is 2.22. The molecule has 0 radical (unpaired) electrons. The van der Waals surface area contributed by atoms with Gasteiger partial charge < -0.3 is 15.3 Å². The van der Waals surface area contributed by atoms with Crippen LogP contribution in [0.15, 0.2) is 18.2 Å². The molecule has 2 amide bonds. The average Bonchev–Trinajstić information content (AvgIpc) is 2.59. The van der Waals surface area contributed by atoms with Crippen LogP contribution in [0.2, 0.25) is 0 Å². The number of anilines is 1. The van der Waals surface area contributed by atoms with E-state index < -0.39 is 5.97 Å². The number of carboxylic acid groups (broad SMARTS) is 1. The summed E-state index contributed by atoms with van der Waals surface area (Å²) in [5.41, 5.74) is 2.85. The van der Waals surface area contributed by atoms with Gasteiger partial charge in [-0.3, -0.25) is 14.4 Å². The average molecular weight is 381 g/mol. The molecular formula is C19H28N2O4S. The van der Waals surface area contributed by atoms with Crippen molar-refractivity contribution >= 4 is 35.2 Å². The van der Waals surface area contributed by atoms with Gasteiger partial charge in [0.15, 0.2) is 0 Å². The predicted octanol–water partition coefficient (Wildman–Crippen LogP) is 3.08. The summed E-state index contributed by atoms with van der Waals surface area (Å²) < 4.78 is 0. The number of carboxylic acids is 1. The van der Waals surface area contributed by atoms with Crippen LogP contribution in [0.5, 0.6) is 0 Å². The van der Waals surface area contributed by atoms with Crippen molar-refractivity contribution in [3.05, 3.63) is 29.3 Å². The molecule has 1 atom stereocenters. The fourth-order valence-corrected chi connectivity index (χ4v) is 3.15. The number of nitrogens with zero attached hydrogens (tertiary/aromatic N) is 1. The number of thioether (sulfide) groups is 1. The Bertz CT molecular complexity index is 648. The molecule has 0 aliphatic rings. The summed E-state index contributed by atoms with van der Waals surface area (Å²) in [6.45, 7) is 7.78. The predicted molar refractivity (Wildman–Crippen MR) is 106 cm³/mol. The summed E-state index contributed by atoms with van der Waals surface area (Å²) in [5, 5.41) is 11.5. The normalized spacial score (nSPS) is 11.7. The molecule has 0 saturated carbocycles. The van der Waals surface area contributed by atoms with Gasteiger partial charge >= 0.3 is 5.97 Å². The molecule has 2 N–H and O–H groups in total. The van der Waals surface area contributed by atoms with Gasteiger partial charge in [-0.25, -0.2) is 0 Å². The van der Waals surface area contributed by atoms with Crippen LogP contribution in [0.3, 0.4) is 0 Å². The van der Waals surface area contributed by atoms with Crippen molar-refractivity contribution in [3.63, 3.8) is 0 Å². The van der Waals surface area contributed by atoms with Gasteiger partial charge in [-0.05, 0) is 44.4 Å². The van der Waals surface area contributed by atoms with Crippen LogP contribution in [-0.4, -0.2) is 51.9 Å². The van der Waals surface area contributed by atoms with Crippen LogP contribution in [0.1, 0.15) is 37.8 Å². The summed E-state index contributed by atoms with van der Waals surface area (Å²) in [5.74, 6) is -0.705. The van der Waals surface area contributed by atoms with Gasteiger partial charge in [-0.1, -0.05) is 19.1 Å². The van der Waals surface area contributed by atoms with Crippen molar-refractivity contribution in [2.75, 3.05) is 23.4 Å². The largest absolute Gasteiger partial charge is 0.481 e. The van der Waals surface area contributed by atoms with Gasteiger partial charge in [-0.15, -0.1) is 0 Å². The van der Waals surface area contributed by atoms with E-state index in [-0.39, 0.29) is 36.6 Å². The standard InChI is InChI=1S/C19H28N2O4S/c1-5-14(3)21(18(23)12-26-10-9-19(24)25)11-17(22)20-16-8-6-7-13(2)15(16)4/h6-8,14H,5,9-12H2,1-4H3,(H,20,22)(H,24,25)/t14-/m1/s1. The minimum Gasteiger partial charge on any atom is -0.481 e. The summed E-state index contributed by atoms with van der Waals surface area (Å²) >= 11 is 1.28. The first-order valence-corrected chi connectivity index (χ1v) is 9.86. The second-order valence-electron chi connectivity index (χ2n) is 6.27. The molecule has 0 fully saturated rings. The zero-order valence-electron chi connectivity index (χ0n) is 15.9. The maximum Gasteiger partial charge on any atom is 0.304 e. The first-order chi connectivity index (χ1) is 12.3. The Morgan fingerprint density at radius 2 is 1.96 bits per heavy atom. The van der Waals surface area contributed by atoms with Crippen LogP contribution in [0.4, 0.5) is 5.69 Å². The Kier molecular flexibility index (Phi) is 9.19. The van der Waals surface area contributed by atoms with Gasteiger partial charge in [0.25, 0.3) is 0 Å². The molecule has 0 aliphatic heterocycles. The number of carbonyl (C=O) groups is 3. The van der Waals surface area contributed by atoms with Crippen LogP contribution in [0.25, 0.3) is 0 Å². The van der Waals surface area contributed by atoms with Crippen molar-refractivity contribution in [1.29, 1.82) is 0 Å². The first-order valence-electron chi connectivity index (χ1n) is 8.71. The Hall–Kier alpha value is -2.02. The van der Waals surface area contributed by atoms with Crippen molar-refractivity contribution < 1.29 is 19.5 Å². The van der Waals surface area contributed by atoms with Crippen LogP contribution < -0.4 is 5.32 Å². The Morgan fingerprint density at radius 3 is 2.58 bits per heavy atom. The fraction of sp³-hybridized carbons (Fsp3) is 0.526. The van der Waals surface area contributed by atoms with E-state index in [9.17, 15) is 14.4 Å². The molecule has 0 bridgehead atoms. The number of hydrogen-bond acceptors (Lipinski definition) is 4. The molecule has 0 spiro atoms. The lowest BCUT2D eigenvalue weighted by Gasteiger charge is -2.28. The SMILES string of the molecule is CC[C@@H](C)N(CC(=O)Nc1cccc(C)c1C)C(=O)CSCCC(=O)O. The number of aliphatic carboxylic acids is 1. The minimum absolute atomic E-state index is 0.0132. The van der Waals surface area contributed by atoms with Gasteiger partial charge in [0.05, 0.1) is 12.2 Å². The molecule has 6 nitrogen and oxygen atoms in total. The molecule has 26 heavy (non-hydrogen) atoms. The van der Waals surface area contributed by atoms with E-state index >= 15 is 0 Å². The fourth-order valence-electron chi connectivity index (χ4n) is 2.34. The number of aryl methyl sites for hydroxylation is 1. The lowest BCUT2D eigenvalue weighted by atomic mass is 10.1. The van der Waals surface area contributed by atoms with E-state index in [1.807, 2.05) is 45.9 Å². The zero-order valence-corrected chi connectivity index (χ0v) is 16.7. The van der Waals surface area contributed by atoms with E-state index in [4.69, 9.17) is 5.11 Å². The van der Waals surface area contributed by atoms with Crippen LogP contribution in [-0.2, 0) is 14.4 Å². The van der Waals surface area contributed by atoms with Gasteiger partial charge in [-0.2, -0.15) is 11.8 Å². The molecule has 7 heteroatoms. The molecular weight excluding hydrogens is 352 g/mol. The molecule has 1 rings (SSSR count). The van der Waals surface area contributed by atoms with E-state index in [0.717, 1.165) is 23.2 Å². The Labute approximate surface area is 159 Å². The molecule has 0 aliphatic carbocycles. The second kappa shape index (κ2) is 10.9. The maximum absolute atomic E-state index is 12.5. The molecule has 0 saturated heterocycles. The molecule has 1 aromatic carbocycles. The highest BCUT2D eigenvalue weighted by molar-refractivity contribution is 7.99. The van der Waals surface area contributed by atoms with E-state index in [1.165, 1.54) is 11.8 Å². The number of hydrogen-bond donors (Lipinski definition) is 2. The van der Waals surface area contributed by atoms with Crippen molar-refractivity contribution in [2.45, 2.75) is 46.6 Å². The Morgan fingerprint density at radius 1 is 1.27 bits per heavy atom. The summed E-state index contributed by atoms with van der Waals surface area (Å²) in [6.07, 6.45) is 0.761. The van der Waals surface area contributed by atoms with Crippen molar-refractivity contribution in [3.8, 4) is 0 Å². The van der Waals surface area contributed by atoms with E-state index in [2.05, 4.69) is 5.32 Å². The third-order valence-electron chi connectivity index (χ3n) is 4.32. The first kappa shape index (κ1) is 22.0. The second-order valence-corrected chi connectivity index (χ2v) is 7.38. The monoisotopic (exact) mass is 380 g/mol. The summed E-state index contributed by atoms with van der Waals surface area (Å²) in [4.78, 5) is 37.0. The van der Waals surface area contributed by atoms with E-state index in [0.29, 0.717) is 5.75 Å². The molecule has 144 valence electrons. The third-order valence-corrected chi connectivity index (χ3v) is 5.27. The maximum atomic E-state index is 12.5. The van der Waals surface area contributed by atoms with Crippen molar-refractivity contribution in [1.82, 2.24) is 4.90 Å². The Balaban J connectivity index is 2.68. The lowest BCUT2D eigenvalue weighted by Crippen LogP contribution is -2.44. The van der Waals surface area contributed by atoms with Gasteiger partial charge in [0.1, 0.15) is 6.54 Å². The minimum atomic E-state index is -0.878. The number of benzene rings is 1. The number of nitrogens with one attached hydrogen (secondary N) is 1. The summed E-state index contributed by atoms with van der Waals surface area (Å²) in [7, 11) is 0. The van der Waals surface area contributed by atoms with Crippen LogP contribution in [0, 0.1) is 13.8 Å². The number of carbonyl (C=O) groups excluding carboxylic acids is 2. The quantitative estimate of drug-likeness (QED) is 0.609. The molecule has 1 aromatic rings. The molecule has 0 aromatic heterocycles. The van der Waals surface area contributed by atoms with Crippen molar-refractivity contribution in [2.24, 2.45) is 0 Å². The molecule has 0 heterocycles. The third kappa shape index (κ3) is 7.07. The highest BCUT2D eigenvalue weighted by atomic mass is 32.2. The zero-order chi connectivity index (χ0) is 19.7. The molecule has 0 unspecified atom stereocenters. The van der Waals surface area contributed by atoms with Gasteiger partial charge in [0.2, 0.25) is 11.8 Å². The smallest absolute Gasteiger partial charge is 0.304 e. The van der Waals surface area contributed by atoms with Crippen LogP contribution >= 0.6 is 11.8 Å². The number of amides is 2. The van der Waals surface area contributed by atoms with Gasteiger partial charge in [0, 0.05) is 17.5 Å². The lowest BCUT2D eigenvalue weighted by molar-refractivity contribution is -0.136. The number of rotatable bonds is 10. The summed E-state index contributed by atoms with van der Waals surface area (Å²) in [6, 6.07) is 5.65.